The Morgan fingerprint density at radius 1 is 0.867 bits per heavy atom. The Bertz CT molecular complexity index is 1670. The van der Waals surface area contributed by atoms with Crippen LogP contribution < -0.4 is 4.74 Å². The number of fused-ring (bicyclic) bond motifs is 1. The highest BCUT2D eigenvalue weighted by Gasteiger charge is 2.34. The van der Waals surface area contributed by atoms with Gasteiger partial charge in [-0.2, -0.15) is 13.2 Å². The van der Waals surface area contributed by atoms with E-state index < -0.39 is 17.7 Å². The molecule has 0 unspecified atom stereocenters. The summed E-state index contributed by atoms with van der Waals surface area (Å²) >= 11 is 6.34. The molecular weight excluding hydrogens is 601 g/mol. The van der Waals surface area contributed by atoms with Crippen molar-refractivity contribution >= 4 is 28.5 Å². The molecule has 1 N–H and O–H groups in total. The van der Waals surface area contributed by atoms with Crippen molar-refractivity contribution in [3.63, 3.8) is 0 Å². The molecule has 0 bridgehead atoms. The number of carboxylic acids is 1. The SMILES string of the molecule is O=C(O)Cn1ccc2c(OCCCCN(Cc3cccc(C(F)(F)F)c3Cl)CC(c3ccccc3)c3ccccc3)cccc21. The van der Waals surface area contributed by atoms with Crippen LogP contribution in [-0.2, 0) is 24.1 Å². The second-order valence-electron chi connectivity index (χ2n) is 11.0. The molecule has 45 heavy (non-hydrogen) atoms. The Hall–Kier alpha value is -4.27. The number of aromatic nitrogens is 1. The zero-order chi connectivity index (χ0) is 31.8. The molecule has 5 rings (SSSR count). The summed E-state index contributed by atoms with van der Waals surface area (Å²) in [4.78, 5) is 13.4. The smallest absolute Gasteiger partial charge is 0.417 e. The van der Waals surface area contributed by atoms with Crippen molar-refractivity contribution in [3.8, 4) is 5.75 Å². The largest absolute Gasteiger partial charge is 0.493 e. The van der Waals surface area contributed by atoms with E-state index in [1.54, 1.807) is 16.8 Å². The minimum absolute atomic E-state index is 0.000617. The van der Waals surface area contributed by atoms with Gasteiger partial charge in [-0.3, -0.25) is 9.69 Å². The van der Waals surface area contributed by atoms with Gasteiger partial charge >= 0.3 is 12.1 Å². The zero-order valence-corrected chi connectivity index (χ0v) is 25.3. The van der Waals surface area contributed by atoms with Gasteiger partial charge in [0.05, 0.1) is 22.7 Å². The molecule has 0 saturated carbocycles. The minimum Gasteiger partial charge on any atom is -0.493 e. The van der Waals surface area contributed by atoms with Gasteiger partial charge in [0.1, 0.15) is 12.3 Å². The molecule has 5 nitrogen and oxygen atoms in total. The van der Waals surface area contributed by atoms with E-state index in [0.29, 0.717) is 37.4 Å². The van der Waals surface area contributed by atoms with Crippen molar-refractivity contribution in [1.29, 1.82) is 0 Å². The summed E-state index contributed by atoms with van der Waals surface area (Å²) in [7, 11) is 0. The van der Waals surface area contributed by atoms with Crippen LogP contribution in [0, 0.1) is 0 Å². The maximum absolute atomic E-state index is 13.7. The van der Waals surface area contributed by atoms with Crippen LogP contribution in [0.1, 0.15) is 41.0 Å². The van der Waals surface area contributed by atoms with Crippen LogP contribution in [0.4, 0.5) is 13.2 Å². The number of carbonyl (C=O) groups is 1. The Labute approximate surface area is 265 Å². The summed E-state index contributed by atoms with van der Waals surface area (Å²) < 4.78 is 48.8. The second-order valence-corrected chi connectivity index (χ2v) is 11.3. The van der Waals surface area contributed by atoms with Gasteiger partial charge in [-0.1, -0.05) is 90.5 Å². The van der Waals surface area contributed by atoms with Crippen LogP contribution in [0.15, 0.2) is 109 Å². The molecule has 0 spiro atoms. The molecular formula is C36H34ClF3N2O3. The number of alkyl halides is 3. The monoisotopic (exact) mass is 634 g/mol. The average molecular weight is 635 g/mol. The number of carboxylic acid groups (broad SMARTS) is 1. The third-order valence-corrected chi connectivity index (χ3v) is 8.27. The Morgan fingerprint density at radius 3 is 2.18 bits per heavy atom. The van der Waals surface area contributed by atoms with Crippen LogP contribution in [0.2, 0.25) is 5.02 Å². The Morgan fingerprint density at radius 2 is 1.53 bits per heavy atom. The van der Waals surface area contributed by atoms with Gasteiger partial charge in [-0.05, 0) is 60.3 Å². The van der Waals surface area contributed by atoms with Crippen molar-refractivity contribution in [1.82, 2.24) is 9.47 Å². The van der Waals surface area contributed by atoms with Crippen LogP contribution in [0.5, 0.6) is 5.75 Å². The van der Waals surface area contributed by atoms with Crippen molar-refractivity contribution in [2.45, 2.75) is 38.0 Å². The Kier molecular flexibility index (Phi) is 10.5. The summed E-state index contributed by atoms with van der Waals surface area (Å²) in [6.07, 6.45) is -1.36. The normalized spacial score (nSPS) is 11.9. The van der Waals surface area contributed by atoms with Crippen LogP contribution >= 0.6 is 11.6 Å². The first-order valence-corrected chi connectivity index (χ1v) is 15.2. The van der Waals surface area contributed by atoms with Crippen LogP contribution in [0.25, 0.3) is 10.9 Å². The fourth-order valence-electron chi connectivity index (χ4n) is 5.65. The zero-order valence-electron chi connectivity index (χ0n) is 24.6. The number of nitrogens with zero attached hydrogens (tertiary/aromatic N) is 2. The maximum atomic E-state index is 13.7. The predicted octanol–water partition coefficient (Wildman–Crippen LogP) is 8.89. The lowest BCUT2D eigenvalue weighted by molar-refractivity contribution is -0.138. The van der Waals surface area contributed by atoms with Crippen LogP contribution in [0.3, 0.4) is 0 Å². The lowest BCUT2D eigenvalue weighted by Crippen LogP contribution is -2.30. The predicted molar refractivity (Wildman–Crippen MR) is 171 cm³/mol. The second kappa shape index (κ2) is 14.7. The number of ether oxygens (including phenoxy) is 1. The van der Waals surface area contributed by atoms with Crippen molar-refractivity contribution in [3.05, 3.63) is 137 Å². The van der Waals surface area contributed by atoms with E-state index in [4.69, 9.17) is 16.3 Å². The number of hydrogen-bond donors (Lipinski definition) is 1. The number of hydrogen-bond acceptors (Lipinski definition) is 3. The molecule has 4 aromatic carbocycles. The van der Waals surface area contributed by atoms with Gasteiger partial charge in [0, 0.05) is 30.6 Å². The van der Waals surface area contributed by atoms with Gasteiger partial charge in [0.15, 0.2) is 0 Å². The molecule has 0 radical (unpaired) electrons. The fourth-order valence-corrected chi connectivity index (χ4v) is 5.95. The molecule has 0 atom stereocenters. The maximum Gasteiger partial charge on any atom is 0.417 e. The molecule has 0 saturated heterocycles. The van der Waals surface area contributed by atoms with Crippen LogP contribution in [-0.4, -0.2) is 40.2 Å². The number of halogens is 4. The molecule has 0 aliphatic carbocycles. The number of unbranched alkanes of at least 4 members (excludes halogenated alkanes) is 1. The van der Waals surface area contributed by atoms with Gasteiger partial charge in [0.2, 0.25) is 0 Å². The summed E-state index contributed by atoms with van der Waals surface area (Å²) in [5, 5.41) is 9.76. The van der Waals surface area contributed by atoms with Crippen molar-refractivity contribution in [2.24, 2.45) is 0 Å². The first kappa shape index (κ1) is 32.1. The molecule has 9 heteroatoms. The third-order valence-electron chi connectivity index (χ3n) is 7.83. The van der Waals surface area contributed by atoms with Crippen molar-refractivity contribution in [2.75, 3.05) is 19.7 Å². The van der Waals surface area contributed by atoms with E-state index in [-0.39, 0.29) is 24.0 Å². The van der Waals surface area contributed by atoms with Crippen molar-refractivity contribution < 1.29 is 27.8 Å². The molecule has 1 aromatic heterocycles. The average Bonchev–Trinajstić information content (AvgIpc) is 3.43. The lowest BCUT2D eigenvalue weighted by Gasteiger charge is -2.29. The number of aliphatic carboxylic acids is 1. The molecule has 5 aromatic rings. The fraction of sp³-hybridized carbons (Fsp3) is 0.250. The van der Waals surface area contributed by atoms with E-state index >= 15 is 0 Å². The molecule has 0 fully saturated rings. The molecule has 0 aliphatic rings. The topological polar surface area (TPSA) is 54.7 Å². The summed E-state index contributed by atoms with van der Waals surface area (Å²) in [6.45, 7) is 1.76. The highest BCUT2D eigenvalue weighted by molar-refractivity contribution is 6.32. The molecule has 234 valence electrons. The highest BCUT2D eigenvalue weighted by Crippen LogP contribution is 2.37. The Balaban J connectivity index is 1.32. The summed E-state index contributed by atoms with van der Waals surface area (Å²) in [6, 6.07) is 31.7. The summed E-state index contributed by atoms with van der Waals surface area (Å²) in [5.41, 5.74) is 2.63. The van der Waals surface area contributed by atoms with E-state index in [2.05, 4.69) is 29.2 Å². The first-order chi connectivity index (χ1) is 21.7. The standard InChI is InChI=1S/C36H34ClF3N2O3/c37-35-28(15-9-16-31(35)36(38,39)40)23-41(24-30(26-11-3-1-4-12-26)27-13-5-2-6-14-27)20-7-8-22-45-33-18-10-17-32-29(33)19-21-42(32)25-34(43)44/h1-6,9-19,21,30H,7-8,20,22-25H2,(H,43,44). The molecule has 1 heterocycles. The number of benzene rings is 4. The van der Waals surface area contributed by atoms with E-state index in [9.17, 15) is 23.1 Å². The molecule has 0 aliphatic heterocycles. The van der Waals surface area contributed by atoms with E-state index in [1.807, 2.05) is 60.7 Å². The van der Waals surface area contributed by atoms with E-state index in [1.165, 1.54) is 6.07 Å². The van der Waals surface area contributed by atoms with Gasteiger partial charge in [-0.25, -0.2) is 0 Å². The van der Waals surface area contributed by atoms with E-state index in [0.717, 1.165) is 34.5 Å². The quantitative estimate of drug-likeness (QED) is 0.124. The first-order valence-electron chi connectivity index (χ1n) is 14.8. The van der Waals surface area contributed by atoms with Gasteiger partial charge < -0.3 is 14.4 Å². The summed E-state index contributed by atoms with van der Waals surface area (Å²) in [5.74, 6) is -0.241. The van der Waals surface area contributed by atoms with Gasteiger partial charge in [0.25, 0.3) is 0 Å². The lowest BCUT2D eigenvalue weighted by atomic mass is 9.90. The number of rotatable bonds is 14. The molecule has 0 amide bonds. The third kappa shape index (κ3) is 8.26. The van der Waals surface area contributed by atoms with Gasteiger partial charge in [-0.15, -0.1) is 0 Å². The minimum atomic E-state index is -4.54. The highest BCUT2D eigenvalue weighted by atomic mass is 35.5.